The van der Waals surface area contributed by atoms with Crippen LogP contribution >= 0.6 is 15.9 Å². The number of aryl methyl sites for hydroxylation is 1. The molecule has 0 radical (unpaired) electrons. The van der Waals surface area contributed by atoms with Crippen molar-refractivity contribution < 1.29 is 8.42 Å². The Hall–Kier alpha value is -0.400. The molecule has 0 aliphatic rings. The maximum Gasteiger partial charge on any atom is 0.260 e. The zero-order chi connectivity index (χ0) is 13.8. The molecule has 0 unspecified atom stereocenters. The van der Waals surface area contributed by atoms with E-state index in [9.17, 15) is 8.42 Å². The van der Waals surface area contributed by atoms with Crippen molar-refractivity contribution in [1.82, 2.24) is 14.3 Å². The van der Waals surface area contributed by atoms with Gasteiger partial charge in [-0.1, -0.05) is 22.9 Å². The minimum Gasteiger partial charge on any atom is -0.332 e. The molecule has 1 aromatic heterocycles. The second kappa shape index (κ2) is 6.68. The molecule has 0 spiro atoms. The van der Waals surface area contributed by atoms with Crippen molar-refractivity contribution in [3.05, 3.63) is 12.0 Å². The van der Waals surface area contributed by atoms with Gasteiger partial charge in [0.1, 0.15) is 5.82 Å². The second-order valence-corrected chi connectivity index (χ2v) is 6.95. The zero-order valence-corrected chi connectivity index (χ0v) is 13.4. The van der Waals surface area contributed by atoms with Crippen molar-refractivity contribution in [3.8, 4) is 0 Å². The van der Waals surface area contributed by atoms with Gasteiger partial charge in [-0.15, -0.1) is 0 Å². The van der Waals surface area contributed by atoms with Crippen LogP contribution in [0.5, 0.6) is 0 Å². The van der Waals surface area contributed by atoms with Gasteiger partial charge in [0.25, 0.3) is 10.0 Å². The van der Waals surface area contributed by atoms with Gasteiger partial charge >= 0.3 is 0 Å². The van der Waals surface area contributed by atoms with Gasteiger partial charge < -0.3 is 4.98 Å². The predicted molar refractivity (Wildman–Crippen MR) is 75.4 cm³/mol. The molecule has 5 nitrogen and oxygen atoms in total. The van der Waals surface area contributed by atoms with E-state index in [0.29, 0.717) is 18.8 Å². The Morgan fingerprint density at radius 3 is 2.61 bits per heavy atom. The average molecular weight is 338 g/mol. The number of alkyl halides is 1. The molecule has 0 saturated carbocycles. The fourth-order valence-corrected chi connectivity index (χ4v) is 3.51. The summed E-state index contributed by atoms with van der Waals surface area (Å²) < 4.78 is 26.4. The monoisotopic (exact) mass is 337 g/mol. The lowest BCUT2D eigenvalue weighted by atomic mass is 10.4. The molecule has 0 bridgehead atoms. The number of rotatable bonds is 7. The third-order valence-electron chi connectivity index (χ3n) is 2.61. The van der Waals surface area contributed by atoms with E-state index in [4.69, 9.17) is 0 Å². The van der Waals surface area contributed by atoms with E-state index in [1.54, 1.807) is 0 Å². The molecule has 1 heterocycles. The number of imidazole rings is 1. The molecule has 18 heavy (non-hydrogen) atoms. The van der Waals surface area contributed by atoms with Crippen molar-refractivity contribution in [2.75, 3.05) is 11.9 Å². The smallest absolute Gasteiger partial charge is 0.260 e. The molecule has 104 valence electrons. The molecular formula is C11H20BrN3O2S. The number of hydrogen-bond donors (Lipinski definition) is 1. The van der Waals surface area contributed by atoms with Gasteiger partial charge in [0.15, 0.2) is 5.03 Å². The van der Waals surface area contributed by atoms with E-state index in [1.807, 2.05) is 20.8 Å². The normalized spacial score (nSPS) is 12.6. The highest BCUT2D eigenvalue weighted by atomic mass is 79.9. The highest BCUT2D eigenvalue weighted by molar-refractivity contribution is 9.09. The summed E-state index contributed by atoms with van der Waals surface area (Å²) in [6, 6.07) is -0.0672. The van der Waals surface area contributed by atoms with Crippen LogP contribution in [0.1, 0.15) is 33.0 Å². The summed E-state index contributed by atoms with van der Waals surface area (Å²) in [4.78, 5) is 6.91. The highest BCUT2D eigenvalue weighted by Crippen LogP contribution is 2.17. The quantitative estimate of drug-likeness (QED) is 0.775. The lowest BCUT2D eigenvalue weighted by Gasteiger charge is -2.24. The van der Waals surface area contributed by atoms with Crippen LogP contribution in [0.25, 0.3) is 0 Å². The van der Waals surface area contributed by atoms with Crippen molar-refractivity contribution in [2.24, 2.45) is 0 Å². The van der Waals surface area contributed by atoms with E-state index in [-0.39, 0.29) is 11.1 Å². The molecule has 0 fully saturated rings. The number of nitrogens with zero attached hydrogens (tertiary/aromatic N) is 2. The van der Waals surface area contributed by atoms with Crippen LogP contribution in [-0.2, 0) is 16.4 Å². The Morgan fingerprint density at radius 2 is 2.17 bits per heavy atom. The summed E-state index contributed by atoms with van der Waals surface area (Å²) in [6.07, 6.45) is 2.88. The lowest BCUT2D eigenvalue weighted by Crippen LogP contribution is -2.38. The zero-order valence-electron chi connectivity index (χ0n) is 11.0. The molecule has 1 aromatic rings. The summed E-state index contributed by atoms with van der Waals surface area (Å²) in [6.45, 7) is 6.19. The summed E-state index contributed by atoms with van der Waals surface area (Å²) in [7, 11) is -3.47. The molecule has 7 heteroatoms. The Bertz CT molecular complexity index is 470. The van der Waals surface area contributed by atoms with Crippen molar-refractivity contribution in [3.63, 3.8) is 0 Å². The molecule has 0 aliphatic heterocycles. The van der Waals surface area contributed by atoms with Crippen LogP contribution in [0.15, 0.2) is 11.2 Å². The first-order chi connectivity index (χ1) is 8.43. The molecular weight excluding hydrogens is 318 g/mol. The standard InChI is InChI=1S/C11H20BrN3O2S/c1-4-10-13-8-11(14-10)18(16,17)15(9(2)3)7-5-6-12/h8-9H,4-7H2,1-3H3,(H,13,14). The minimum atomic E-state index is -3.47. The Balaban J connectivity index is 3.00. The van der Waals surface area contributed by atoms with Crippen molar-refractivity contribution in [2.45, 2.75) is 44.7 Å². The first-order valence-corrected chi connectivity index (χ1v) is 8.61. The van der Waals surface area contributed by atoms with Gasteiger partial charge in [0.05, 0.1) is 6.20 Å². The number of halogens is 1. The van der Waals surface area contributed by atoms with Crippen molar-refractivity contribution in [1.29, 1.82) is 0 Å². The third-order valence-corrected chi connectivity index (χ3v) is 5.16. The van der Waals surface area contributed by atoms with Crippen LogP contribution in [-0.4, -0.2) is 40.6 Å². The number of aromatic amines is 1. The summed E-state index contributed by atoms with van der Waals surface area (Å²) >= 11 is 3.32. The summed E-state index contributed by atoms with van der Waals surface area (Å²) in [5.41, 5.74) is 0. The van der Waals surface area contributed by atoms with Gasteiger partial charge in [-0.2, -0.15) is 4.31 Å². The minimum absolute atomic E-state index is 0.0672. The van der Waals surface area contributed by atoms with Crippen LogP contribution in [0.4, 0.5) is 0 Å². The molecule has 0 saturated heterocycles. The third kappa shape index (κ3) is 3.55. The molecule has 1 rings (SSSR count). The molecule has 0 amide bonds. The van der Waals surface area contributed by atoms with Gasteiger partial charge in [-0.25, -0.2) is 13.4 Å². The largest absolute Gasteiger partial charge is 0.332 e. The molecule has 0 atom stereocenters. The number of aromatic nitrogens is 2. The van der Waals surface area contributed by atoms with E-state index >= 15 is 0 Å². The predicted octanol–water partition coefficient (Wildman–Crippen LogP) is 2.16. The summed E-state index contributed by atoms with van der Waals surface area (Å²) in [5.74, 6) is 0.692. The van der Waals surface area contributed by atoms with Crippen LogP contribution in [0.2, 0.25) is 0 Å². The number of sulfonamides is 1. The van der Waals surface area contributed by atoms with E-state index in [1.165, 1.54) is 10.5 Å². The Kier molecular flexibility index (Phi) is 5.81. The number of nitrogens with one attached hydrogen (secondary N) is 1. The lowest BCUT2D eigenvalue weighted by molar-refractivity contribution is 0.354. The van der Waals surface area contributed by atoms with E-state index < -0.39 is 10.0 Å². The first kappa shape index (κ1) is 15.7. The SMILES string of the molecule is CCc1ncc(S(=O)(=O)N(CCCBr)C(C)C)[nH]1. The fraction of sp³-hybridized carbons (Fsp3) is 0.727. The van der Waals surface area contributed by atoms with Gasteiger partial charge in [-0.05, 0) is 20.3 Å². The van der Waals surface area contributed by atoms with Crippen LogP contribution < -0.4 is 0 Å². The maximum atomic E-state index is 12.4. The first-order valence-electron chi connectivity index (χ1n) is 6.05. The number of hydrogen-bond acceptors (Lipinski definition) is 3. The second-order valence-electron chi connectivity index (χ2n) is 4.30. The molecule has 0 aromatic carbocycles. The van der Waals surface area contributed by atoms with Gasteiger partial charge in [0, 0.05) is 24.3 Å². The van der Waals surface area contributed by atoms with Gasteiger partial charge in [-0.3, -0.25) is 0 Å². The fourth-order valence-electron chi connectivity index (χ4n) is 1.65. The van der Waals surface area contributed by atoms with E-state index in [0.717, 1.165) is 11.8 Å². The summed E-state index contributed by atoms with van der Waals surface area (Å²) in [5, 5.41) is 0.970. The topological polar surface area (TPSA) is 66.1 Å². The van der Waals surface area contributed by atoms with Crippen LogP contribution in [0, 0.1) is 0 Å². The van der Waals surface area contributed by atoms with Crippen molar-refractivity contribution >= 4 is 26.0 Å². The maximum absolute atomic E-state index is 12.4. The van der Waals surface area contributed by atoms with Crippen LogP contribution in [0.3, 0.4) is 0 Å². The molecule has 0 aliphatic carbocycles. The highest BCUT2D eigenvalue weighted by Gasteiger charge is 2.28. The Morgan fingerprint density at radius 1 is 1.50 bits per heavy atom. The van der Waals surface area contributed by atoms with E-state index in [2.05, 4.69) is 25.9 Å². The van der Waals surface area contributed by atoms with Gasteiger partial charge in [0.2, 0.25) is 0 Å². The Labute approximate surface area is 117 Å². The number of H-pyrrole nitrogens is 1. The average Bonchev–Trinajstić information content (AvgIpc) is 2.77. The molecule has 1 N–H and O–H groups in total.